The highest BCUT2D eigenvalue weighted by Gasteiger charge is 2.35. The third-order valence-corrected chi connectivity index (χ3v) is 6.52. The molecule has 4 aliphatic rings. The highest BCUT2D eigenvalue weighted by atomic mass is 32.2. The molecule has 2 fully saturated rings. The predicted octanol–water partition coefficient (Wildman–Crippen LogP) is 2.81. The minimum absolute atomic E-state index is 0.442. The zero-order valence-electron chi connectivity index (χ0n) is 12.2. The molecule has 0 spiro atoms. The molecule has 0 aromatic rings. The van der Waals surface area contributed by atoms with Gasteiger partial charge in [-0.1, -0.05) is 5.57 Å². The molecule has 0 saturated carbocycles. The highest BCUT2D eigenvalue weighted by molar-refractivity contribution is 8.03. The summed E-state index contributed by atoms with van der Waals surface area (Å²) in [6, 6.07) is 0.747. The second kappa shape index (κ2) is 5.99. The van der Waals surface area contributed by atoms with E-state index in [2.05, 4.69) is 16.7 Å². The van der Waals surface area contributed by atoms with Crippen LogP contribution in [0.3, 0.4) is 0 Å². The van der Waals surface area contributed by atoms with Gasteiger partial charge in [0.2, 0.25) is 0 Å². The lowest BCUT2D eigenvalue weighted by Crippen LogP contribution is -2.38. The van der Waals surface area contributed by atoms with E-state index in [1.807, 2.05) is 0 Å². The fourth-order valence-corrected chi connectivity index (χ4v) is 5.46. The van der Waals surface area contributed by atoms with E-state index in [1.165, 1.54) is 50.8 Å². The summed E-state index contributed by atoms with van der Waals surface area (Å²) in [5.74, 6) is 1.30. The van der Waals surface area contributed by atoms with Gasteiger partial charge in [0.25, 0.3) is 0 Å². The molecule has 0 aromatic heterocycles. The molecule has 2 atom stereocenters. The van der Waals surface area contributed by atoms with Crippen molar-refractivity contribution in [2.24, 2.45) is 0 Å². The van der Waals surface area contributed by atoms with Gasteiger partial charge in [-0.3, -0.25) is 4.90 Å². The zero-order valence-corrected chi connectivity index (χ0v) is 13.0. The summed E-state index contributed by atoms with van der Waals surface area (Å²) in [4.78, 5) is 4.26. The van der Waals surface area contributed by atoms with Crippen molar-refractivity contribution in [1.82, 2.24) is 4.90 Å². The van der Waals surface area contributed by atoms with Crippen molar-refractivity contribution < 1.29 is 9.47 Å². The molecule has 1 aliphatic carbocycles. The Morgan fingerprint density at radius 1 is 1.10 bits per heavy atom. The molecule has 3 heterocycles. The summed E-state index contributed by atoms with van der Waals surface area (Å²) in [6.07, 6.45) is 8.41. The van der Waals surface area contributed by atoms with Crippen LogP contribution < -0.4 is 0 Å². The minimum Gasteiger partial charge on any atom is -0.381 e. The monoisotopic (exact) mass is 295 g/mol. The van der Waals surface area contributed by atoms with Crippen molar-refractivity contribution in [3.05, 3.63) is 10.5 Å². The van der Waals surface area contributed by atoms with E-state index in [-0.39, 0.29) is 0 Å². The SMILES string of the molecule is C1CC(N2CC[C@@H](OC3CCC4=C3SCC4)C2)CCO1. The largest absolute Gasteiger partial charge is 0.381 e. The average Bonchev–Trinajstić information content (AvgIpc) is 3.19. The van der Waals surface area contributed by atoms with Gasteiger partial charge in [0.1, 0.15) is 0 Å². The smallest absolute Gasteiger partial charge is 0.0890 e. The third-order valence-electron chi connectivity index (χ3n) is 5.25. The summed E-state index contributed by atoms with van der Waals surface area (Å²) < 4.78 is 11.9. The van der Waals surface area contributed by atoms with Crippen LogP contribution >= 0.6 is 11.8 Å². The van der Waals surface area contributed by atoms with E-state index in [4.69, 9.17) is 9.47 Å². The van der Waals surface area contributed by atoms with E-state index in [0.717, 1.165) is 25.8 Å². The molecule has 2 saturated heterocycles. The van der Waals surface area contributed by atoms with Crippen LogP contribution in [0.15, 0.2) is 10.5 Å². The Bertz CT molecular complexity index is 392. The summed E-state index contributed by atoms with van der Waals surface area (Å²) in [5.41, 5.74) is 1.71. The summed E-state index contributed by atoms with van der Waals surface area (Å²) in [5, 5.41) is 0. The first kappa shape index (κ1) is 13.6. The molecule has 0 N–H and O–H groups in total. The van der Waals surface area contributed by atoms with Gasteiger partial charge in [-0.25, -0.2) is 0 Å². The normalized spacial score (nSPS) is 36.0. The zero-order chi connectivity index (χ0) is 13.4. The van der Waals surface area contributed by atoms with Crippen LogP contribution in [0.25, 0.3) is 0 Å². The lowest BCUT2D eigenvalue weighted by Gasteiger charge is -2.31. The van der Waals surface area contributed by atoms with Gasteiger partial charge in [-0.15, -0.1) is 11.8 Å². The molecule has 0 amide bonds. The van der Waals surface area contributed by atoms with Crippen molar-refractivity contribution in [1.29, 1.82) is 0 Å². The molecule has 112 valence electrons. The molecule has 4 rings (SSSR count). The predicted molar refractivity (Wildman–Crippen MR) is 82.0 cm³/mol. The van der Waals surface area contributed by atoms with Crippen LogP contribution in [0, 0.1) is 0 Å². The van der Waals surface area contributed by atoms with Crippen LogP contribution in [-0.2, 0) is 9.47 Å². The van der Waals surface area contributed by atoms with E-state index in [9.17, 15) is 0 Å². The van der Waals surface area contributed by atoms with E-state index >= 15 is 0 Å². The fraction of sp³-hybridized carbons (Fsp3) is 0.875. The molecule has 4 heteroatoms. The van der Waals surface area contributed by atoms with Crippen molar-refractivity contribution in [3.8, 4) is 0 Å². The van der Waals surface area contributed by atoms with E-state index in [1.54, 1.807) is 10.5 Å². The van der Waals surface area contributed by atoms with Gasteiger partial charge in [0.05, 0.1) is 12.2 Å². The van der Waals surface area contributed by atoms with Gasteiger partial charge < -0.3 is 9.47 Å². The minimum atomic E-state index is 0.442. The Balaban J connectivity index is 1.30. The van der Waals surface area contributed by atoms with Gasteiger partial charge in [0.15, 0.2) is 0 Å². The lowest BCUT2D eigenvalue weighted by atomic mass is 10.1. The second-order valence-electron chi connectivity index (χ2n) is 6.48. The maximum absolute atomic E-state index is 6.46. The standard InChI is InChI=1S/C16H25NO2S/c1-2-15(16-12(1)6-10-20-16)19-14-3-7-17(11-14)13-4-8-18-9-5-13/h13-15H,1-11H2/t14-,15?/m1/s1. The van der Waals surface area contributed by atoms with Gasteiger partial charge in [0, 0.05) is 43.0 Å². The lowest BCUT2D eigenvalue weighted by molar-refractivity contribution is 0.00464. The first-order valence-electron chi connectivity index (χ1n) is 8.22. The number of hydrogen-bond donors (Lipinski definition) is 0. The molecule has 1 unspecified atom stereocenters. The maximum Gasteiger partial charge on any atom is 0.0890 e. The van der Waals surface area contributed by atoms with Crippen LogP contribution in [0.2, 0.25) is 0 Å². The van der Waals surface area contributed by atoms with Crippen molar-refractivity contribution in [2.45, 2.75) is 56.8 Å². The average molecular weight is 295 g/mol. The van der Waals surface area contributed by atoms with Gasteiger partial charge >= 0.3 is 0 Å². The van der Waals surface area contributed by atoms with Crippen molar-refractivity contribution >= 4 is 11.8 Å². The van der Waals surface area contributed by atoms with Gasteiger partial charge in [-0.2, -0.15) is 0 Å². The molecule has 3 nitrogen and oxygen atoms in total. The summed E-state index contributed by atoms with van der Waals surface area (Å²) >= 11 is 2.06. The van der Waals surface area contributed by atoms with Crippen LogP contribution in [-0.4, -0.2) is 55.2 Å². The molecule has 0 aromatic carbocycles. The first-order chi connectivity index (χ1) is 9.90. The third kappa shape index (κ3) is 2.68. The number of hydrogen-bond acceptors (Lipinski definition) is 4. The molecule has 3 aliphatic heterocycles. The highest BCUT2D eigenvalue weighted by Crippen LogP contribution is 2.44. The number of likely N-dealkylation sites (tertiary alicyclic amines) is 1. The molecule has 0 radical (unpaired) electrons. The Labute approximate surface area is 126 Å². The molecular formula is C16H25NO2S. The van der Waals surface area contributed by atoms with E-state index in [0.29, 0.717) is 12.2 Å². The second-order valence-corrected chi connectivity index (χ2v) is 7.62. The van der Waals surface area contributed by atoms with Crippen molar-refractivity contribution in [3.63, 3.8) is 0 Å². The van der Waals surface area contributed by atoms with E-state index < -0.39 is 0 Å². The number of thioether (sulfide) groups is 1. The van der Waals surface area contributed by atoms with Crippen LogP contribution in [0.5, 0.6) is 0 Å². The number of nitrogens with zero attached hydrogens (tertiary/aromatic N) is 1. The quantitative estimate of drug-likeness (QED) is 0.798. The van der Waals surface area contributed by atoms with Crippen LogP contribution in [0.1, 0.15) is 38.5 Å². The van der Waals surface area contributed by atoms with Crippen LogP contribution in [0.4, 0.5) is 0 Å². The summed E-state index contributed by atoms with van der Waals surface area (Å²) in [6.45, 7) is 4.26. The Kier molecular flexibility index (Phi) is 4.08. The Morgan fingerprint density at radius 3 is 2.90 bits per heavy atom. The first-order valence-corrected chi connectivity index (χ1v) is 9.20. The number of rotatable bonds is 3. The Morgan fingerprint density at radius 2 is 2.00 bits per heavy atom. The fourth-order valence-electron chi connectivity index (χ4n) is 4.12. The van der Waals surface area contributed by atoms with Crippen molar-refractivity contribution in [2.75, 3.05) is 32.1 Å². The maximum atomic E-state index is 6.46. The summed E-state index contributed by atoms with van der Waals surface area (Å²) in [7, 11) is 0. The number of ether oxygens (including phenoxy) is 2. The van der Waals surface area contributed by atoms with Gasteiger partial charge in [-0.05, 0) is 38.5 Å². The topological polar surface area (TPSA) is 21.7 Å². The molecule has 0 bridgehead atoms. The number of allylic oxidation sites excluding steroid dienone is 1. The Hall–Kier alpha value is -0.0300. The molecule has 20 heavy (non-hydrogen) atoms. The molecular weight excluding hydrogens is 270 g/mol.